The van der Waals surface area contributed by atoms with Crippen molar-refractivity contribution < 1.29 is 4.42 Å². The molecule has 0 spiro atoms. The average Bonchev–Trinajstić information content (AvgIpc) is 3.17. The number of nitrogens with one attached hydrogen (secondary N) is 1. The Morgan fingerprint density at radius 1 is 1.24 bits per heavy atom. The third-order valence-electron chi connectivity index (χ3n) is 4.14. The van der Waals surface area contributed by atoms with Crippen LogP contribution < -0.4 is 10.2 Å². The molecule has 3 nitrogen and oxygen atoms in total. The second kappa shape index (κ2) is 5.94. The molecule has 1 aliphatic rings. The van der Waals surface area contributed by atoms with Gasteiger partial charge in [0, 0.05) is 30.9 Å². The van der Waals surface area contributed by atoms with Gasteiger partial charge >= 0.3 is 0 Å². The number of benzene rings is 1. The van der Waals surface area contributed by atoms with Gasteiger partial charge in [-0.15, -0.1) is 0 Å². The highest BCUT2D eigenvalue weighted by Crippen LogP contribution is 2.24. The normalized spacial score (nSPS) is 14.4. The Bertz CT molecular complexity index is 613. The van der Waals surface area contributed by atoms with Crippen molar-refractivity contribution >= 4 is 5.69 Å². The van der Waals surface area contributed by atoms with Crippen LogP contribution in [0.2, 0.25) is 0 Å². The Morgan fingerprint density at radius 3 is 2.76 bits per heavy atom. The minimum Gasteiger partial charge on any atom is -0.468 e. The van der Waals surface area contributed by atoms with E-state index in [0.717, 1.165) is 18.8 Å². The SMILES string of the molecule is Cc1ccc(N(C)Cc2ccoc2CNC2CC2)c(C)c1. The smallest absolute Gasteiger partial charge is 0.122 e. The molecule has 3 heteroatoms. The fraction of sp³-hybridized carbons (Fsp3) is 0.444. The van der Waals surface area contributed by atoms with E-state index in [0.29, 0.717) is 6.04 Å². The Labute approximate surface area is 127 Å². The first kappa shape index (κ1) is 14.2. The zero-order chi connectivity index (χ0) is 14.8. The molecule has 0 unspecified atom stereocenters. The predicted octanol–water partition coefficient (Wildman–Crippen LogP) is 3.78. The standard InChI is InChI=1S/C18H24N2O/c1-13-4-7-17(14(2)10-13)20(3)12-15-8-9-21-18(15)11-19-16-5-6-16/h4,7-10,16,19H,5-6,11-12H2,1-3H3. The molecule has 3 rings (SSSR count). The maximum absolute atomic E-state index is 5.64. The lowest BCUT2D eigenvalue weighted by molar-refractivity contribution is 0.477. The third kappa shape index (κ3) is 3.48. The zero-order valence-electron chi connectivity index (χ0n) is 13.1. The van der Waals surface area contributed by atoms with E-state index < -0.39 is 0 Å². The number of hydrogen-bond acceptors (Lipinski definition) is 3. The molecule has 2 aromatic rings. The Kier molecular flexibility index (Phi) is 4.02. The molecule has 1 aromatic carbocycles. The van der Waals surface area contributed by atoms with Crippen LogP contribution in [0.3, 0.4) is 0 Å². The van der Waals surface area contributed by atoms with Crippen molar-refractivity contribution in [3.05, 3.63) is 53.0 Å². The second-order valence-electron chi connectivity index (χ2n) is 6.17. The van der Waals surface area contributed by atoms with Gasteiger partial charge in [-0.3, -0.25) is 0 Å². The van der Waals surface area contributed by atoms with E-state index in [-0.39, 0.29) is 0 Å². The maximum atomic E-state index is 5.64. The van der Waals surface area contributed by atoms with Crippen LogP contribution in [0.4, 0.5) is 5.69 Å². The van der Waals surface area contributed by atoms with Gasteiger partial charge in [-0.1, -0.05) is 17.7 Å². The first-order valence-corrected chi connectivity index (χ1v) is 7.70. The fourth-order valence-corrected chi connectivity index (χ4v) is 2.76. The van der Waals surface area contributed by atoms with Gasteiger partial charge in [-0.25, -0.2) is 0 Å². The summed E-state index contributed by atoms with van der Waals surface area (Å²) in [6, 6.07) is 9.40. The molecule has 1 N–H and O–H groups in total. The van der Waals surface area contributed by atoms with Crippen molar-refractivity contribution in [2.75, 3.05) is 11.9 Å². The van der Waals surface area contributed by atoms with E-state index >= 15 is 0 Å². The highest BCUT2D eigenvalue weighted by Gasteiger charge is 2.21. The molecule has 0 amide bonds. The van der Waals surface area contributed by atoms with Gasteiger partial charge in [-0.2, -0.15) is 0 Å². The van der Waals surface area contributed by atoms with Crippen molar-refractivity contribution in [2.45, 2.75) is 45.8 Å². The molecule has 0 saturated heterocycles. The number of anilines is 1. The van der Waals surface area contributed by atoms with Crippen molar-refractivity contribution in [1.82, 2.24) is 5.32 Å². The van der Waals surface area contributed by atoms with E-state index in [1.807, 2.05) is 0 Å². The second-order valence-corrected chi connectivity index (χ2v) is 6.17. The summed E-state index contributed by atoms with van der Waals surface area (Å²) in [6.07, 6.45) is 4.41. The minimum absolute atomic E-state index is 0.708. The molecule has 1 saturated carbocycles. The van der Waals surface area contributed by atoms with Crippen LogP contribution in [0.1, 0.15) is 35.3 Å². The summed E-state index contributed by atoms with van der Waals surface area (Å²) in [5, 5.41) is 3.52. The monoisotopic (exact) mass is 284 g/mol. The fourth-order valence-electron chi connectivity index (χ4n) is 2.76. The number of aryl methyl sites for hydroxylation is 2. The Hall–Kier alpha value is -1.74. The highest BCUT2D eigenvalue weighted by atomic mass is 16.3. The van der Waals surface area contributed by atoms with Crippen molar-refractivity contribution in [3.8, 4) is 0 Å². The summed E-state index contributed by atoms with van der Waals surface area (Å²) in [6.45, 7) is 6.02. The van der Waals surface area contributed by atoms with Crippen LogP contribution in [-0.4, -0.2) is 13.1 Å². The number of furan rings is 1. The number of rotatable bonds is 6. The maximum Gasteiger partial charge on any atom is 0.122 e. The lowest BCUT2D eigenvalue weighted by atomic mass is 10.1. The van der Waals surface area contributed by atoms with Gasteiger partial charge in [0.1, 0.15) is 5.76 Å². The highest BCUT2D eigenvalue weighted by molar-refractivity contribution is 5.54. The molecule has 0 bridgehead atoms. The summed E-state index contributed by atoms with van der Waals surface area (Å²) in [7, 11) is 2.14. The molecule has 0 radical (unpaired) electrons. The van der Waals surface area contributed by atoms with Crippen LogP contribution in [-0.2, 0) is 13.1 Å². The Morgan fingerprint density at radius 2 is 2.05 bits per heavy atom. The van der Waals surface area contributed by atoms with Gasteiger partial charge in [0.25, 0.3) is 0 Å². The summed E-state index contributed by atoms with van der Waals surface area (Å²) in [5.74, 6) is 1.07. The van der Waals surface area contributed by atoms with Crippen LogP contribution in [0.5, 0.6) is 0 Å². The summed E-state index contributed by atoms with van der Waals surface area (Å²) >= 11 is 0. The van der Waals surface area contributed by atoms with Gasteiger partial charge in [0.15, 0.2) is 0 Å². The molecule has 1 fully saturated rings. The van der Waals surface area contributed by atoms with Crippen LogP contribution in [0.15, 0.2) is 34.9 Å². The summed E-state index contributed by atoms with van der Waals surface area (Å²) < 4.78 is 5.64. The largest absolute Gasteiger partial charge is 0.468 e. The van der Waals surface area contributed by atoms with Gasteiger partial charge in [-0.05, 0) is 44.4 Å². The van der Waals surface area contributed by atoms with Gasteiger partial charge < -0.3 is 14.6 Å². The lowest BCUT2D eigenvalue weighted by Gasteiger charge is -2.21. The van der Waals surface area contributed by atoms with Crippen molar-refractivity contribution in [2.24, 2.45) is 0 Å². The predicted molar refractivity (Wildman–Crippen MR) is 86.6 cm³/mol. The summed E-state index contributed by atoms with van der Waals surface area (Å²) in [4.78, 5) is 2.29. The van der Waals surface area contributed by atoms with Crippen LogP contribution >= 0.6 is 0 Å². The van der Waals surface area contributed by atoms with E-state index in [4.69, 9.17) is 4.42 Å². The minimum atomic E-state index is 0.708. The first-order chi connectivity index (χ1) is 10.1. The van der Waals surface area contributed by atoms with E-state index in [2.05, 4.69) is 55.4 Å². The third-order valence-corrected chi connectivity index (χ3v) is 4.14. The molecular formula is C18H24N2O. The average molecular weight is 284 g/mol. The van der Waals surface area contributed by atoms with Gasteiger partial charge in [0.2, 0.25) is 0 Å². The molecule has 1 aliphatic carbocycles. The van der Waals surface area contributed by atoms with Crippen molar-refractivity contribution in [1.29, 1.82) is 0 Å². The molecule has 1 aromatic heterocycles. The first-order valence-electron chi connectivity index (χ1n) is 7.70. The van der Waals surface area contributed by atoms with E-state index in [9.17, 15) is 0 Å². The van der Waals surface area contributed by atoms with Crippen LogP contribution in [0.25, 0.3) is 0 Å². The van der Waals surface area contributed by atoms with Gasteiger partial charge in [0.05, 0.1) is 12.8 Å². The molecule has 112 valence electrons. The molecule has 1 heterocycles. The molecule has 21 heavy (non-hydrogen) atoms. The molecular weight excluding hydrogens is 260 g/mol. The van der Waals surface area contributed by atoms with E-state index in [1.165, 1.54) is 35.2 Å². The molecule has 0 aliphatic heterocycles. The lowest BCUT2D eigenvalue weighted by Crippen LogP contribution is -2.20. The van der Waals surface area contributed by atoms with Crippen LogP contribution in [0, 0.1) is 13.8 Å². The Balaban J connectivity index is 1.68. The zero-order valence-corrected chi connectivity index (χ0v) is 13.1. The van der Waals surface area contributed by atoms with E-state index in [1.54, 1.807) is 6.26 Å². The summed E-state index contributed by atoms with van der Waals surface area (Å²) in [5.41, 5.74) is 5.18. The van der Waals surface area contributed by atoms with Crippen molar-refractivity contribution in [3.63, 3.8) is 0 Å². The topological polar surface area (TPSA) is 28.4 Å². The number of hydrogen-bond donors (Lipinski definition) is 1. The quantitative estimate of drug-likeness (QED) is 0.875. The number of nitrogens with zero attached hydrogens (tertiary/aromatic N) is 1. The molecule has 0 atom stereocenters.